The fourth-order valence-corrected chi connectivity index (χ4v) is 3.93. The Morgan fingerprint density at radius 3 is 2.75 bits per heavy atom. The molecule has 3 aromatic rings. The number of fused-ring (bicyclic) bond motifs is 1. The Morgan fingerprint density at radius 1 is 1.19 bits per heavy atom. The van der Waals surface area contributed by atoms with Gasteiger partial charge in [0.2, 0.25) is 11.8 Å². The molecule has 2 aromatic heterocycles. The summed E-state index contributed by atoms with van der Waals surface area (Å²) in [5, 5.41) is 6.71. The summed E-state index contributed by atoms with van der Waals surface area (Å²) in [6.07, 6.45) is 3.13. The number of carbonyl (C=O) groups is 2. The molecule has 1 atom stereocenters. The van der Waals surface area contributed by atoms with Crippen LogP contribution in [0.5, 0.6) is 0 Å². The number of benzene rings is 1. The largest absolute Gasteiger partial charge is 0.467 e. The predicted molar refractivity (Wildman–Crippen MR) is 124 cm³/mol. The number of para-hydroxylation sites is 1. The Kier molecular flexibility index (Phi) is 8.49. The molecule has 0 fully saturated rings. The van der Waals surface area contributed by atoms with Crippen LogP contribution in [0.25, 0.3) is 10.9 Å². The summed E-state index contributed by atoms with van der Waals surface area (Å²) < 4.78 is 6.76. The fraction of sp³-hybridized carbons (Fsp3) is 0.391. The average Bonchev–Trinajstić information content (AvgIpc) is 3.31. The van der Waals surface area contributed by atoms with Crippen molar-refractivity contribution < 1.29 is 14.0 Å². The molecule has 0 unspecified atom stereocenters. The van der Waals surface area contributed by atoms with Gasteiger partial charge < -0.3 is 15.1 Å². The van der Waals surface area contributed by atoms with Gasteiger partial charge in [-0.1, -0.05) is 30.8 Å². The Labute approximate surface area is 190 Å². The zero-order valence-corrected chi connectivity index (χ0v) is 19.1. The minimum absolute atomic E-state index is 0.0922. The van der Waals surface area contributed by atoms with E-state index in [9.17, 15) is 14.4 Å². The molecule has 1 aromatic carbocycles. The lowest BCUT2D eigenvalue weighted by molar-refractivity contribution is -0.121. The molecule has 0 bridgehead atoms. The fourth-order valence-electron chi connectivity index (χ4n) is 3.09. The third-order valence-corrected chi connectivity index (χ3v) is 5.98. The van der Waals surface area contributed by atoms with Crippen molar-refractivity contribution in [2.45, 2.75) is 57.4 Å². The molecule has 0 spiro atoms. The zero-order valence-electron chi connectivity index (χ0n) is 18.3. The van der Waals surface area contributed by atoms with Crippen molar-refractivity contribution in [2.24, 2.45) is 0 Å². The molecule has 0 aliphatic carbocycles. The van der Waals surface area contributed by atoms with Crippen LogP contribution in [0, 0.1) is 0 Å². The lowest BCUT2D eigenvalue weighted by Gasteiger charge is -2.14. The van der Waals surface area contributed by atoms with Crippen LogP contribution in [-0.2, 0) is 22.7 Å². The molecule has 0 radical (unpaired) electrons. The number of thioether (sulfide) groups is 1. The van der Waals surface area contributed by atoms with Gasteiger partial charge in [-0.15, -0.1) is 0 Å². The smallest absolute Gasteiger partial charge is 0.262 e. The second-order valence-electron chi connectivity index (χ2n) is 7.49. The van der Waals surface area contributed by atoms with Crippen LogP contribution in [-0.4, -0.2) is 33.2 Å². The molecule has 2 heterocycles. The van der Waals surface area contributed by atoms with E-state index in [1.165, 1.54) is 11.8 Å². The van der Waals surface area contributed by atoms with E-state index in [2.05, 4.69) is 15.6 Å². The van der Waals surface area contributed by atoms with Gasteiger partial charge in [0, 0.05) is 19.0 Å². The first kappa shape index (κ1) is 23.6. The van der Waals surface area contributed by atoms with E-state index in [1.807, 2.05) is 19.9 Å². The maximum Gasteiger partial charge on any atom is 0.262 e. The van der Waals surface area contributed by atoms with Crippen molar-refractivity contribution in [1.82, 2.24) is 20.2 Å². The van der Waals surface area contributed by atoms with Gasteiger partial charge in [0.05, 0.1) is 29.5 Å². The predicted octanol–water partition coefficient (Wildman–Crippen LogP) is 3.09. The van der Waals surface area contributed by atoms with E-state index < -0.39 is 0 Å². The topological polar surface area (TPSA) is 106 Å². The molecule has 9 heteroatoms. The second kappa shape index (κ2) is 11.5. The number of nitrogens with one attached hydrogen (secondary N) is 2. The molecule has 2 amide bonds. The van der Waals surface area contributed by atoms with E-state index in [4.69, 9.17) is 4.42 Å². The molecular weight excluding hydrogens is 428 g/mol. The molecule has 170 valence electrons. The van der Waals surface area contributed by atoms with Gasteiger partial charge in [0.15, 0.2) is 5.16 Å². The van der Waals surface area contributed by atoms with Crippen LogP contribution >= 0.6 is 11.8 Å². The lowest BCUT2D eigenvalue weighted by atomic mass is 10.2. The van der Waals surface area contributed by atoms with Crippen molar-refractivity contribution >= 4 is 34.5 Å². The first-order valence-corrected chi connectivity index (χ1v) is 11.7. The molecule has 3 rings (SSSR count). The summed E-state index contributed by atoms with van der Waals surface area (Å²) in [5.74, 6) is 0.627. The highest BCUT2D eigenvalue weighted by molar-refractivity contribution is 7.99. The molecule has 8 nitrogen and oxygen atoms in total. The molecule has 2 N–H and O–H groups in total. The summed E-state index contributed by atoms with van der Waals surface area (Å²) >= 11 is 1.23. The molecule has 0 saturated carbocycles. The minimum atomic E-state index is -0.170. The quantitative estimate of drug-likeness (QED) is 0.339. The van der Waals surface area contributed by atoms with Crippen LogP contribution in [0.2, 0.25) is 0 Å². The molecule has 0 aliphatic rings. The van der Waals surface area contributed by atoms with Crippen molar-refractivity contribution in [3.63, 3.8) is 0 Å². The standard InChI is InChI=1S/C23H28N4O4S/c1-3-16(2)25-21(29)15-32-23-26-19-10-5-4-9-18(19)22(30)27(23)12-6-11-20(28)24-14-17-8-7-13-31-17/h4-5,7-10,13,16H,3,6,11-12,14-15H2,1-2H3,(H,24,28)(H,25,29)/t16-/m0/s1. The summed E-state index contributed by atoms with van der Waals surface area (Å²) in [6.45, 7) is 4.62. The number of rotatable bonds is 11. The molecule has 0 aliphatic heterocycles. The number of hydrogen-bond donors (Lipinski definition) is 2. The van der Waals surface area contributed by atoms with Crippen LogP contribution in [0.15, 0.2) is 57.0 Å². The van der Waals surface area contributed by atoms with Gasteiger partial charge in [0.25, 0.3) is 5.56 Å². The van der Waals surface area contributed by atoms with E-state index >= 15 is 0 Å². The maximum atomic E-state index is 13.1. The van der Waals surface area contributed by atoms with E-state index in [-0.39, 0.29) is 35.6 Å². The zero-order chi connectivity index (χ0) is 22.9. The highest BCUT2D eigenvalue weighted by Gasteiger charge is 2.14. The third-order valence-electron chi connectivity index (χ3n) is 5.00. The van der Waals surface area contributed by atoms with Gasteiger partial charge in [0.1, 0.15) is 5.76 Å². The third kappa shape index (κ3) is 6.46. The Balaban J connectivity index is 1.67. The monoisotopic (exact) mass is 456 g/mol. The first-order valence-electron chi connectivity index (χ1n) is 10.7. The van der Waals surface area contributed by atoms with Crippen LogP contribution < -0.4 is 16.2 Å². The lowest BCUT2D eigenvalue weighted by Crippen LogP contribution is -2.33. The van der Waals surface area contributed by atoms with Crippen LogP contribution in [0.1, 0.15) is 38.9 Å². The highest BCUT2D eigenvalue weighted by atomic mass is 32.2. The van der Waals surface area contributed by atoms with Crippen LogP contribution in [0.3, 0.4) is 0 Å². The van der Waals surface area contributed by atoms with Gasteiger partial charge >= 0.3 is 0 Å². The summed E-state index contributed by atoms with van der Waals surface area (Å²) in [6, 6.07) is 10.8. The number of furan rings is 1. The Bertz CT molecular complexity index is 1110. The van der Waals surface area contributed by atoms with E-state index in [0.717, 1.165) is 6.42 Å². The highest BCUT2D eigenvalue weighted by Crippen LogP contribution is 2.18. The summed E-state index contributed by atoms with van der Waals surface area (Å²) in [7, 11) is 0. The van der Waals surface area contributed by atoms with Crippen molar-refractivity contribution in [3.05, 3.63) is 58.8 Å². The van der Waals surface area contributed by atoms with Crippen molar-refractivity contribution in [1.29, 1.82) is 0 Å². The van der Waals surface area contributed by atoms with Crippen molar-refractivity contribution in [3.8, 4) is 0 Å². The van der Waals surface area contributed by atoms with Gasteiger partial charge in [-0.05, 0) is 44.0 Å². The normalized spacial score (nSPS) is 11.9. The SMILES string of the molecule is CC[C@H](C)NC(=O)CSc1nc2ccccc2c(=O)n1CCCC(=O)NCc1ccco1. The Morgan fingerprint density at radius 2 is 2.00 bits per heavy atom. The number of nitrogens with zero attached hydrogens (tertiary/aromatic N) is 2. The second-order valence-corrected chi connectivity index (χ2v) is 8.44. The van der Waals surface area contributed by atoms with E-state index in [0.29, 0.717) is 41.3 Å². The van der Waals surface area contributed by atoms with Gasteiger partial charge in [-0.25, -0.2) is 4.98 Å². The van der Waals surface area contributed by atoms with E-state index in [1.54, 1.807) is 41.2 Å². The molecule has 32 heavy (non-hydrogen) atoms. The number of amides is 2. The average molecular weight is 457 g/mol. The maximum absolute atomic E-state index is 13.1. The van der Waals surface area contributed by atoms with Crippen LogP contribution in [0.4, 0.5) is 0 Å². The van der Waals surface area contributed by atoms with Gasteiger partial charge in [-0.3, -0.25) is 19.0 Å². The number of carbonyl (C=O) groups excluding carboxylic acids is 2. The minimum Gasteiger partial charge on any atom is -0.467 e. The van der Waals surface area contributed by atoms with Gasteiger partial charge in [-0.2, -0.15) is 0 Å². The number of hydrogen-bond acceptors (Lipinski definition) is 6. The summed E-state index contributed by atoms with van der Waals surface area (Å²) in [4.78, 5) is 42.0. The molecular formula is C23H28N4O4S. The van der Waals surface area contributed by atoms with Crippen molar-refractivity contribution in [2.75, 3.05) is 5.75 Å². The summed E-state index contributed by atoms with van der Waals surface area (Å²) in [5.41, 5.74) is 0.422. The molecule has 0 saturated heterocycles. The Hall–Kier alpha value is -3.07. The first-order chi connectivity index (χ1) is 15.5. The number of aromatic nitrogens is 2.